The molecule has 0 saturated carbocycles. The van der Waals surface area contributed by atoms with Crippen molar-refractivity contribution in [1.82, 2.24) is 0 Å². The smallest absolute Gasteiger partial charge is 0.160 e. The number of hydrogen-bond acceptors (Lipinski definition) is 2. The van der Waals surface area contributed by atoms with Crippen LogP contribution in [0.4, 0.5) is 0 Å². The first-order chi connectivity index (χ1) is 8.34. The summed E-state index contributed by atoms with van der Waals surface area (Å²) in [5.74, 6) is 0. The molecule has 0 bridgehead atoms. The lowest BCUT2D eigenvalue weighted by atomic mass is 9.92. The molecule has 0 radical (unpaired) electrons. The van der Waals surface area contributed by atoms with Crippen molar-refractivity contribution < 1.29 is 4.79 Å². The third-order valence-corrected chi connectivity index (χ3v) is 3.03. The first kappa shape index (κ1) is 9.97. The van der Waals surface area contributed by atoms with Crippen molar-refractivity contribution >= 4 is 12.4 Å². The van der Waals surface area contributed by atoms with Gasteiger partial charge in [-0.1, -0.05) is 48.5 Å². The van der Waals surface area contributed by atoms with Crippen LogP contribution in [0.1, 0.15) is 5.56 Å². The first-order valence-corrected chi connectivity index (χ1v) is 5.54. The predicted octanol–water partition coefficient (Wildman–Crippen LogP) is 1.19. The number of carbonyl (C=O) groups is 1. The average Bonchev–Trinajstić information content (AvgIpc) is 2.79. The Balaban J connectivity index is 2.27. The molecule has 0 aromatic heterocycles. The van der Waals surface area contributed by atoms with Crippen LogP contribution in [0.15, 0.2) is 59.6 Å². The molecular weight excluding hydrogens is 210 g/mol. The zero-order valence-electron chi connectivity index (χ0n) is 9.21. The second kappa shape index (κ2) is 3.67. The number of nitrogens with zero attached hydrogens (tertiary/aromatic N) is 1. The Hall–Kier alpha value is -2.22. The van der Waals surface area contributed by atoms with Crippen molar-refractivity contribution in [3.8, 4) is 0 Å². The molecule has 0 saturated heterocycles. The third kappa shape index (κ3) is 1.49. The van der Waals surface area contributed by atoms with E-state index in [-0.39, 0.29) is 0 Å². The number of carbonyl (C=O) groups excluding carboxylic acids is 1. The summed E-state index contributed by atoms with van der Waals surface area (Å²) in [5.41, 5.74) is 0.0662. The van der Waals surface area contributed by atoms with Crippen LogP contribution < -0.4 is 10.6 Å². The number of benzene rings is 2. The molecule has 1 unspecified atom stereocenters. The zero-order chi connectivity index (χ0) is 11.7. The molecule has 0 N–H and O–H groups in total. The van der Waals surface area contributed by atoms with Crippen molar-refractivity contribution in [3.05, 3.63) is 70.7 Å². The molecule has 0 aliphatic carbocycles. The highest BCUT2D eigenvalue weighted by Crippen LogP contribution is 2.26. The molecule has 2 heteroatoms. The number of aldehydes is 1. The molecule has 17 heavy (non-hydrogen) atoms. The topological polar surface area (TPSA) is 29.4 Å². The van der Waals surface area contributed by atoms with Gasteiger partial charge in [-0.25, -0.2) is 0 Å². The standard InChI is InChI=1S/C15H11NO/c17-11-15(13-7-2-1-3-8-13)10-12-6-4-5-9-14(12)16-15/h1-11H. The van der Waals surface area contributed by atoms with Crippen LogP contribution in [0.25, 0.3) is 6.08 Å². The quantitative estimate of drug-likeness (QED) is 0.700. The Kier molecular flexibility index (Phi) is 2.15. The summed E-state index contributed by atoms with van der Waals surface area (Å²) in [5, 5.41) is 1.90. The van der Waals surface area contributed by atoms with Crippen LogP contribution >= 0.6 is 0 Å². The van der Waals surface area contributed by atoms with Crippen molar-refractivity contribution in [3.63, 3.8) is 0 Å². The van der Waals surface area contributed by atoms with Crippen LogP contribution in [0, 0.1) is 0 Å². The maximum Gasteiger partial charge on any atom is 0.160 e. The minimum absolute atomic E-state index is 0.842. The van der Waals surface area contributed by atoms with Gasteiger partial charge in [0, 0.05) is 0 Å². The van der Waals surface area contributed by atoms with Gasteiger partial charge in [0.25, 0.3) is 0 Å². The summed E-state index contributed by atoms with van der Waals surface area (Å²) in [7, 11) is 0. The van der Waals surface area contributed by atoms with Crippen molar-refractivity contribution in [2.45, 2.75) is 5.54 Å². The van der Waals surface area contributed by atoms with Gasteiger partial charge in [0.05, 0.1) is 5.36 Å². The molecule has 1 aliphatic heterocycles. The van der Waals surface area contributed by atoms with E-state index < -0.39 is 5.54 Å². The molecule has 0 fully saturated rings. The van der Waals surface area contributed by atoms with Gasteiger partial charge in [0.1, 0.15) is 0 Å². The summed E-state index contributed by atoms with van der Waals surface area (Å²) in [6.45, 7) is 0. The van der Waals surface area contributed by atoms with E-state index >= 15 is 0 Å². The maximum atomic E-state index is 11.5. The lowest BCUT2D eigenvalue weighted by Crippen LogP contribution is -2.21. The predicted molar refractivity (Wildman–Crippen MR) is 65.9 cm³/mol. The maximum absolute atomic E-state index is 11.5. The highest BCUT2D eigenvalue weighted by Gasteiger charge is 2.30. The molecule has 0 amide bonds. The largest absolute Gasteiger partial charge is 0.300 e. The van der Waals surface area contributed by atoms with E-state index in [1.165, 1.54) is 0 Å². The molecule has 1 atom stereocenters. The number of hydrogen-bond donors (Lipinski definition) is 0. The second-order valence-electron chi connectivity index (χ2n) is 4.12. The van der Waals surface area contributed by atoms with Crippen molar-refractivity contribution in [2.24, 2.45) is 4.99 Å². The summed E-state index contributed by atoms with van der Waals surface area (Å²) in [6.07, 6.45) is 2.83. The minimum atomic E-state index is -0.842. The van der Waals surface area contributed by atoms with Crippen LogP contribution in [0.5, 0.6) is 0 Å². The molecule has 1 aliphatic rings. The van der Waals surface area contributed by atoms with Crippen molar-refractivity contribution in [2.75, 3.05) is 0 Å². The van der Waals surface area contributed by atoms with Crippen molar-refractivity contribution in [1.29, 1.82) is 0 Å². The van der Waals surface area contributed by atoms with E-state index in [0.29, 0.717) is 0 Å². The lowest BCUT2D eigenvalue weighted by molar-refractivity contribution is -0.110. The Morgan fingerprint density at radius 2 is 1.65 bits per heavy atom. The average molecular weight is 221 g/mol. The normalized spacial score (nSPS) is 21.2. The molecule has 0 spiro atoms. The Bertz CT molecular complexity index is 639. The molecule has 2 aromatic carbocycles. The van der Waals surface area contributed by atoms with Gasteiger partial charge in [-0.3, -0.25) is 9.79 Å². The fourth-order valence-corrected chi connectivity index (χ4v) is 2.16. The summed E-state index contributed by atoms with van der Waals surface area (Å²) >= 11 is 0. The van der Waals surface area contributed by atoms with Crippen LogP contribution in [-0.2, 0) is 10.3 Å². The van der Waals surface area contributed by atoms with Gasteiger partial charge >= 0.3 is 0 Å². The zero-order valence-corrected chi connectivity index (χ0v) is 9.21. The van der Waals surface area contributed by atoms with Gasteiger partial charge < -0.3 is 0 Å². The van der Waals surface area contributed by atoms with E-state index in [4.69, 9.17) is 0 Å². The fraction of sp³-hybridized carbons (Fsp3) is 0.0667. The number of rotatable bonds is 2. The van der Waals surface area contributed by atoms with Gasteiger partial charge in [-0.15, -0.1) is 0 Å². The van der Waals surface area contributed by atoms with E-state index in [9.17, 15) is 4.79 Å². The summed E-state index contributed by atoms with van der Waals surface area (Å²) in [4.78, 5) is 16.0. The lowest BCUT2D eigenvalue weighted by Gasteiger charge is -2.16. The summed E-state index contributed by atoms with van der Waals surface area (Å²) in [6, 6.07) is 17.4. The van der Waals surface area contributed by atoms with Gasteiger partial charge in [-0.05, 0) is 22.9 Å². The Labute approximate surface area is 98.9 Å². The number of para-hydroxylation sites is 1. The SMILES string of the molecule is O=CC1(c2ccccc2)C=c2ccccc2=N1. The monoisotopic (exact) mass is 221 g/mol. The third-order valence-electron chi connectivity index (χ3n) is 3.03. The van der Waals surface area contributed by atoms with Crippen LogP contribution in [0.2, 0.25) is 0 Å². The van der Waals surface area contributed by atoms with E-state index in [0.717, 1.165) is 22.4 Å². The summed E-state index contributed by atoms with van der Waals surface area (Å²) < 4.78 is 0. The molecule has 82 valence electrons. The molecule has 3 rings (SSSR count). The van der Waals surface area contributed by atoms with Gasteiger partial charge in [0.2, 0.25) is 0 Å². The van der Waals surface area contributed by atoms with Crippen LogP contribution in [0.3, 0.4) is 0 Å². The highest BCUT2D eigenvalue weighted by molar-refractivity contribution is 5.80. The first-order valence-electron chi connectivity index (χ1n) is 5.54. The van der Waals surface area contributed by atoms with Crippen LogP contribution in [-0.4, -0.2) is 6.29 Å². The highest BCUT2D eigenvalue weighted by atomic mass is 16.1. The van der Waals surface area contributed by atoms with Gasteiger partial charge in [0.15, 0.2) is 11.8 Å². The second-order valence-corrected chi connectivity index (χ2v) is 4.12. The Morgan fingerprint density at radius 1 is 0.941 bits per heavy atom. The molecule has 1 heterocycles. The molecule has 2 nitrogen and oxygen atoms in total. The molecular formula is C15H11NO. The molecule has 2 aromatic rings. The van der Waals surface area contributed by atoms with E-state index in [1.54, 1.807) is 0 Å². The van der Waals surface area contributed by atoms with Gasteiger partial charge in [-0.2, -0.15) is 0 Å². The van der Waals surface area contributed by atoms with E-state index in [2.05, 4.69) is 4.99 Å². The fourth-order valence-electron chi connectivity index (χ4n) is 2.16. The number of fused-ring (bicyclic) bond motifs is 1. The minimum Gasteiger partial charge on any atom is -0.300 e. The van der Waals surface area contributed by atoms with E-state index in [1.807, 2.05) is 60.7 Å². The Morgan fingerprint density at radius 3 is 2.35 bits per heavy atom.